The minimum absolute atomic E-state index is 0.625. The Balaban J connectivity index is 1.70. The molecule has 2 aliphatic rings. The van der Waals surface area contributed by atoms with E-state index in [4.69, 9.17) is 0 Å². The van der Waals surface area contributed by atoms with Crippen molar-refractivity contribution in [3.8, 4) is 0 Å². The molecule has 2 aliphatic heterocycles. The van der Waals surface area contributed by atoms with Crippen LogP contribution in [0.5, 0.6) is 0 Å². The molecule has 24 heavy (non-hydrogen) atoms. The third kappa shape index (κ3) is 2.01. The van der Waals surface area contributed by atoms with Crippen LogP contribution in [-0.4, -0.2) is 27.6 Å². The molecule has 3 heteroatoms. The largest absolute Gasteiger partial charge is 0.357 e. The standard InChI is InChI=1S/C21H25N3/c1-14-4-5-20-18(8-14)19-13-23(3)11-17-9-16(12-24(20)21(17)19)15-6-7-22(2)10-15/h4-8,10,16-17H,9,11-13H2,1-3H3. The van der Waals surface area contributed by atoms with Gasteiger partial charge in [-0.3, -0.25) is 0 Å². The van der Waals surface area contributed by atoms with Gasteiger partial charge in [-0.05, 0) is 49.7 Å². The van der Waals surface area contributed by atoms with E-state index in [1.807, 2.05) is 0 Å². The van der Waals surface area contributed by atoms with Crippen molar-refractivity contribution in [1.29, 1.82) is 0 Å². The minimum Gasteiger partial charge on any atom is -0.357 e. The van der Waals surface area contributed by atoms with Crippen molar-refractivity contribution in [2.75, 3.05) is 13.6 Å². The number of fused-ring (bicyclic) bond motifs is 3. The Kier molecular flexibility index (Phi) is 2.99. The molecule has 4 heterocycles. The van der Waals surface area contributed by atoms with Gasteiger partial charge in [-0.15, -0.1) is 0 Å². The zero-order chi connectivity index (χ0) is 16.4. The van der Waals surface area contributed by atoms with E-state index < -0.39 is 0 Å². The predicted octanol–water partition coefficient (Wildman–Crippen LogP) is 4.00. The van der Waals surface area contributed by atoms with Crippen LogP contribution in [-0.2, 0) is 20.1 Å². The lowest BCUT2D eigenvalue weighted by molar-refractivity contribution is 0.244. The van der Waals surface area contributed by atoms with E-state index in [2.05, 4.69) is 71.7 Å². The van der Waals surface area contributed by atoms with Crippen LogP contribution in [0, 0.1) is 6.92 Å². The summed E-state index contributed by atoms with van der Waals surface area (Å²) < 4.78 is 4.82. The number of hydrogen-bond acceptors (Lipinski definition) is 1. The van der Waals surface area contributed by atoms with Crippen LogP contribution >= 0.6 is 0 Å². The van der Waals surface area contributed by atoms with Crippen molar-refractivity contribution >= 4 is 10.9 Å². The Hall–Kier alpha value is -2.00. The summed E-state index contributed by atoms with van der Waals surface area (Å²) in [6, 6.07) is 9.30. The molecule has 0 fully saturated rings. The zero-order valence-electron chi connectivity index (χ0n) is 14.8. The molecule has 0 N–H and O–H groups in total. The summed E-state index contributed by atoms with van der Waals surface area (Å²) in [7, 11) is 4.39. The van der Waals surface area contributed by atoms with E-state index in [1.165, 1.54) is 35.0 Å². The number of aryl methyl sites for hydroxylation is 2. The summed E-state index contributed by atoms with van der Waals surface area (Å²) in [4.78, 5) is 2.51. The molecule has 0 saturated carbocycles. The van der Waals surface area contributed by atoms with Crippen LogP contribution in [0.15, 0.2) is 36.7 Å². The molecule has 0 saturated heterocycles. The van der Waals surface area contributed by atoms with E-state index >= 15 is 0 Å². The number of aromatic nitrogens is 2. The van der Waals surface area contributed by atoms with Gasteiger partial charge < -0.3 is 14.0 Å². The third-order valence-corrected chi connectivity index (χ3v) is 6.01. The molecular weight excluding hydrogens is 294 g/mol. The molecule has 0 bridgehead atoms. The van der Waals surface area contributed by atoms with Gasteiger partial charge >= 0.3 is 0 Å². The highest BCUT2D eigenvalue weighted by molar-refractivity contribution is 5.87. The Morgan fingerprint density at radius 3 is 2.71 bits per heavy atom. The summed E-state index contributed by atoms with van der Waals surface area (Å²) in [5.74, 6) is 1.28. The maximum absolute atomic E-state index is 2.64. The highest BCUT2D eigenvalue weighted by atomic mass is 15.1. The monoisotopic (exact) mass is 319 g/mol. The van der Waals surface area contributed by atoms with Gasteiger partial charge in [0.05, 0.1) is 0 Å². The summed E-state index contributed by atoms with van der Waals surface area (Å²) in [6.07, 6.45) is 5.76. The summed E-state index contributed by atoms with van der Waals surface area (Å²) >= 11 is 0. The van der Waals surface area contributed by atoms with E-state index in [9.17, 15) is 0 Å². The second-order valence-electron chi connectivity index (χ2n) is 7.93. The fourth-order valence-corrected chi connectivity index (χ4v) is 5.02. The first kappa shape index (κ1) is 14.4. The van der Waals surface area contributed by atoms with Gasteiger partial charge in [0.1, 0.15) is 0 Å². The number of hydrogen-bond donors (Lipinski definition) is 0. The van der Waals surface area contributed by atoms with E-state index in [-0.39, 0.29) is 0 Å². The quantitative estimate of drug-likeness (QED) is 0.660. The first-order chi connectivity index (χ1) is 11.6. The average molecular weight is 319 g/mol. The number of benzene rings is 1. The third-order valence-electron chi connectivity index (χ3n) is 6.01. The maximum Gasteiger partial charge on any atom is 0.0486 e. The molecule has 3 aromatic rings. The average Bonchev–Trinajstić information content (AvgIpc) is 3.10. The van der Waals surface area contributed by atoms with Crippen LogP contribution in [0.4, 0.5) is 0 Å². The molecule has 2 aromatic heterocycles. The molecule has 5 rings (SSSR count). The molecule has 2 atom stereocenters. The normalized spacial score (nSPS) is 23.6. The summed E-state index contributed by atoms with van der Waals surface area (Å²) in [6.45, 7) is 5.61. The van der Waals surface area contributed by atoms with Crippen molar-refractivity contribution in [3.63, 3.8) is 0 Å². The Morgan fingerprint density at radius 1 is 1.04 bits per heavy atom. The lowest BCUT2D eigenvalue weighted by Gasteiger charge is -2.38. The van der Waals surface area contributed by atoms with Crippen molar-refractivity contribution in [3.05, 3.63) is 59.0 Å². The number of likely N-dealkylation sites (N-methyl/N-ethyl adjacent to an activating group) is 1. The predicted molar refractivity (Wildman–Crippen MR) is 98.5 cm³/mol. The minimum atomic E-state index is 0.625. The van der Waals surface area contributed by atoms with Gasteiger partial charge in [0.2, 0.25) is 0 Å². The van der Waals surface area contributed by atoms with Gasteiger partial charge in [0.25, 0.3) is 0 Å². The van der Waals surface area contributed by atoms with Gasteiger partial charge in [0, 0.05) is 67.5 Å². The molecule has 0 aliphatic carbocycles. The molecule has 124 valence electrons. The van der Waals surface area contributed by atoms with Crippen LogP contribution in [0.25, 0.3) is 10.9 Å². The second-order valence-corrected chi connectivity index (χ2v) is 7.93. The van der Waals surface area contributed by atoms with Crippen LogP contribution in [0.2, 0.25) is 0 Å². The van der Waals surface area contributed by atoms with Gasteiger partial charge in [-0.2, -0.15) is 0 Å². The second kappa shape index (κ2) is 5.00. The van der Waals surface area contributed by atoms with Gasteiger partial charge in [-0.25, -0.2) is 0 Å². The van der Waals surface area contributed by atoms with E-state index in [0.29, 0.717) is 11.8 Å². The lowest BCUT2D eigenvalue weighted by atomic mass is 9.82. The number of rotatable bonds is 1. The molecule has 3 nitrogen and oxygen atoms in total. The Bertz CT molecular complexity index is 930. The van der Waals surface area contributed by atoms with Crippen LogP contribution in [0.3, 0.4) is 0 Å². The fourth-order valence-electron chi connectivity index (χ4n) is 5.02. The molecule has 0 spiro atoms. The zero-order valence-corrected chi connectivity index (χ0v) is 14.8. The molecule has 2 unspecified atom stereocenters. The Morgan fingerprint density at radius 2 is 1.92 bits per heavy atom. The molecule has 0 radical (unpaired) electrons. The van der Waals surface area contributed by atoms with Crippen molar-refractivity contribution in [2.45, 2.75) is 38.3 Å². The SMILES string of the molecule is Cc1ccc2c(c1)c1c3n2CC(c2ccn(C)c2)CC3CN(C)C1. The summed E-state index contributed by atoms with van der Waals surface area (Å²) in [5.41, 5.74) is 7.50. The highest BCUT2D eigenvalue weighted by Crippen LogP contribution is 2.45. The molecular formula is C21H25N3. The highest BCUT2D eigenvalue weighted by Gasteiger charge is 2.36. The van der Waals surface area contributed by atoms with Crippen molar-refractivity contribution in [1.82, 2.24) is 14.0 Å². The summed E-state index contributed by atoms with van der Waals surface area (Å²) in [5, 5.41) is 1.48. The fraction of sp³-hybridized carbons (Fsp3) is 0.429. The van der Waals surface area contributed by atoms with Gasteiger partial charge in [-0.1, -0.05) is 11.6 Å². The van der Waals surface area contributed by atoms with Crippen molar-refractivity contribution in [2.24, 2.45) is 7.05 Å². The first-order valence-corrected chi connectivity index (χ1v) is 9.02. The topological polar surface area (TPSA) is 13.1 Å². The first-order valence-electron chi connectivity index (χ1n) is 9.02. The lowest BCUT2D eigenvalue weighted by Crippen LogP contribution is -2.35. The van der Waals surface area contributed by atoms with Crippen LogP contribution < -0.4 is 0 Å². The maximum atomic E-state index is 2.64. The van der Waals surface area contributed by atoms with E-state index in [1.54, 1.807) is 11.3 Å². The molecule has 1 aromatic carbocycles. The molecule has 0 amide bonds. The van der Waals surface area contributed by atoms with E-state index in [0.717, 1.165) is 13.1 Å². The Labute approximate surface area is 143 Å². The number of nitrogens with zero attached hydrogens (tertiary/aromatic N) is 3. The van der Waals surface area contributed by atoms with Crippen molar-refractivity contribution < 1.29 is 0 Å². The smallest absolute Gasteiger partial charge is 0.0486 e. The van der Waals surface area contributed by atoms with Gasteiger partial charge in [0.15, 0.2) is 0 Å². The van der Waals surface area contributed by atoms with Crippen LogP contribution in [0.1, 0.15) is 40.6 Å².